The Morgan fingerprint density at radius 2 is 1.74 bits per heavy atom. The molecule has 0 aliphatic carbocycles. The maximum Gasteiger partial charge on any atom is 0.253 e. The monoisotopic (exact) mass is 453 g/mol. The molecule has 0 unspecified atom stereocenters. The molecular formula is C23H39N3O4S. The molecule has 0 N–H and O–H groups in total. The minimum atomic E-state index is -3.63. The van der Waals surface area contributed by atoms with Crippen LogP contribution in [0.3, 0.4) is 0 Å². The molecule has 31 heavy (non-hydrogen) atoms. The first-order valence-corrected chi connectivity index (χ1v) is 12.8. The minimum Gasteiger partial charge on any atom is -0.379 e. The predicted octanol–water partition coefficient (Wildman–Crippen LogP) is 2.91. The highest BCUT2D eigenvalue weighted by Gasteiger charge is 2.25. The first-order valence-electron chi connectivity index (χ1n) is 11.3. The molecule has 1 aliphatic heterocycles. The summed E-state index contributed by atoms with van der Waals surface area (Å²) in [6, 6.07) is 3.37. The molecule has 1 amide bonds. The van der Waals surface area contributed by atoms with E-state index in [2.05, 4.69) is 11.8 Å². The van der Waals surface area contributed by atoms with Gasteiger partial charge in [0.1, 0.15) is 0 Å². The maximum atomic E-state index is 13.5. The molecular weight excluding hydrogens is 414 g/mol. The van der Waals surface area contributed by atoms with Crippen molar-refractivity contribution in [3.8, 4) is 0 Å². The van der Waals surface area contributed by atoms with Crippen LogP contribution in [0.25, 0.3) is 0 Å². The molecule has 0 spiro atoms. The van der Waals surface area contributed by atoms with Crippen molar-refractivity contribution in [3.05, 3.63) is 28.8 Å². The van der Waals surface area contributed by atoms with Crippen LogP contribution in [0.1, 0.15) is 54.1 Å². The number of morpholine rings is 1. The zero-order valence-electron chi connectivity index (χ0n) is 19.8. The Morgan fingerprint density at radius 1 is 1.06 bits per heavy atom. The summed E-state index contributed by atoms with van der Waals surface area (Å²) in [5, 5.41) is 0. The van der Waals surface area contributed by atoms with Crippen molar-refractivity contribution in [2.24, 2.45) is 0 Å². The summed E-state index contributed by atoms with van der Waals surface area (Å²) in [5.41, 5.74) is 1.94. The molecule has 1 heterocycles. The van der Waals surface area contributed by atoms with E-state index in [1.165, 1.54) is 18.4 Å². The summed E-state index contributed by atoms with van der Waals surface area (Å²) in [4.78, 5) is 17.9. The zero-order valence-corrected chi connectivity index (χ0v) is 20.6. The molecule has 1 aromatic rings. The number of hydrogen-bond donors (Lipinski definition) is 0. The van der Waals surface area contributed by atoms with Crippen LogP contribution in [0.15, 0.2) is 17.0 Å². The summed E-state index contributed by atoms with van der Waals surface area (Å²) in [7, 11) is -0.595. The Kier molecular flexibility index (Phi) is 9.93. The van der Waals surface area contributed by atoms with E-state index in [0.717, 1.165) is 64.1 Å². The number of aryl methyl sites for hydroxylation is 1. The third-order valence-electron chi connectivity index (χ3n) is 5.98. The molecule has 1 saturated heterocycles. The van der Waals surface area contributed by atoms with E-state index in [4.69, 9.17) is 4.74 Å². The third kappa shape index (κ3) is 7.00. The lowest BCUT2D eigenvalue weighted by Gasteiger charge is -2.30. The summed E-state index contributed by atoms with van der Waals surface area (Å²) in [5.74, 6) is -0.0944. The Labute approximate surface area is 188 Å². The van der Waals surface area contributed by atoms with Crippen LogP contribution >= 0.6 is 0 Å². The highest BCUT2D eigenvalue weighted by Crippen LogP contribution is 2.24. The summed E-state index contributed by atoms with van der Waals surface area (Å²) < 4.78 is 32.2. The second-order valence-corrected chi connectivity index (χ2v) is 10.6. The van der Waals surface area contributed by atoms with Gasteiger partial charge in [-0.25, -0.2) is 12.7 Å². The first-order chi connectivity index (χ1) is 14.7. The number of carbonyl (C=O) groups is 1. The van der Waals surface area contributed by atoms with Gasteiger partial charge >= 0.3 is 0 Å². The predicted molar refractivity (Wildman–Crippen MR) is 124 cm³/mol. The van der Waals surface area contributed by atoms with Gasteiger partial charge < -0.3 is 9.64 Å². The van der Waals surface area contributed by atoms with Crippen LogP contribution in [0.2, 0.25) is 0 Å². The van der Waals surface area contributed by atoms with Crippen LogP contribution in [-0.2, 0) is 14.8 Å². The van der Waals surface area contributed by atoms with E-state index >= 15 is 0 Å². The van der Waals surface area contributed by atoms with E-state index in [-0.39, 0.29) is 10.8 Å². The Balaban J connectivity index is 2.25. The summed E-state index contributed by atoms with van der Waals surface area (Å²) in [6.45, 7) is 11.2. The average molecular weight is 454 g/mol. The average Bonchev–Trinajstić information content (AvgIpc) is 2.75. The van der Waals surface area contributed by atoms with Crippen LogP contribution < -0.4 is 0 Å². The zero-order chi connectivity index (χ0) is 23.0. The number of benzene rings is 1. The van der Waals surface area contributed by atoms with Crippen LogP contribution in [-0.4, -0.2) is 88.5 Å². The maximum absolute atomic E-state index is 13.5. The van der Waals surface area contributed by atoms with Crippen LogP contribution in [0, 0.1) is 13.8 Å². The molecule has 2 rings (SSSR count). The highest BCUT2D eigenvalue weighted by molar-refractivity contribution is 7.89. The van der Waals surface area contributed by atoms with E-state index in [1.807, 2.05) is 17.9 Å². The fraction of sp³-hybridized carbons (Fsp3) is 0.696. The van der Waals surface area contributed by atoms with Gasteiger partial charge in [0.15, 0.2) is 0 Å². The van der Waals surface area contributed by atoms with Crippen molar-refractivity contribution in [3.63, 3.8) is 0 Å². The molecule has 1 fully saturated rings. The van der Waals surface area contributed by atoms with Gasteiger partial charge in [0, 0.05) is 52.4 Å². The molecule has 1 aromatic carbocycles. The number of carbonyl (C=O) groups excluding carboxylic acids is 1. The van der Waals surface area contributed by atoms with Gasteiger partial charge in [-0.2, -0.15) is 0 Å². The van der Waals surface area contributed by atoms with Crippen molar-refractivity contribution >= 4 is 15.9 Å². The molecule has 1 aliphatic rings. The fourth-order valence-electron chi connectivity index (χ4n) is 3.73. The first kappa shape index (κ1) is 25.8. The van der Waals surface area contributed by atoms with Gasteiger partial charge in [-0.1, -0.05) is 26.2 Å². The highest BCUT2D eigenvalue weighted by atomic mass is 32.2. The Morgan fingerprint density at radius 3 is 2.35 bits per heavy atom. The lowest BCUT2D eigenvalue weighted by molar-refractivity contribution is 0.0324. The van der Waals surface area contributed by atoms with Gasteiger partial charge in [0.05, 0.1) is 18.1 Å². The number of amides is 1. The summed E-state index contributed by atoms with van der Waals surface area (Å²) >= 11 is 0. The van der Waals surface area contributed by atoms with E-state index in [9.17, 15) is 13.2 Å². The standard InChI is InChI=1S/C23H39N3O4S/c1-6-7-8-9-10-26(12-11-25-13-15-30-16-14-25)23(27)21-17-19(2)20(3)22(18-21)31(28,29)24(4)5/h17-18H,6-16H2,1-5H3. The SMILES string of the molecule is CCCCCCN(CCN1CCOCC1)C(=O)c1cc(C)c(C)c(S(=O)(=O)N(C)C)c1. The fourth-order valence-corrected chi connectivity index (χ4v) is 4.95. The van der Waals surface area contributed by atoms with E-state index in [1.54, 1.807) is 13.0 Å². The topological polar surface area (TPSA) is 70.2 Å². The molecule has 0 atom stereocenters. The Bertz CT molecular complexity index is 833. The number of nitrogens with zero attached hydrogens (tertiary/aromatic N) is 3. The number of rotatable bonds is 11. The number of unbranched alkanes of at least 4 members (excludes halogenated alkanes) is 3. The molecule has 176 valence electrons. The molecule has 0 radical (unpaired) electrons. The van der Waals surface area contributed by atoms with Gasteiger partial charge in [-0.15, -0.1) is 0 Å². The number of ether oxygens (including phenoxy) is 1. The van der Waals surface area contributed by atoms with Gasteiger partial charge in [0.2, 0.25) is 10.0 Å². The van der Waals surface area contributed by atoms with Gasteiger partial charge in [0.25, 0.3) is 5.91 Å². The van der Waals surface area contributed by atoms with E-state index in [0.29, 0.717) is 24.2 Å². The largest absolute Gasteiger partial charge is 0.379 e. The molecule has 8 heteroatoms. The molecule has 0 saturated carbocycles. The quantitative estimate of drug-likeness (QED) is 0.482. The third-order valence-corrected chi connectivity index (χ3v) is 7.93. The lowest BCUT2D eigenvalue weighted by atomic mass is 10.0. The molecule has 7 nitrogen and oxygen atoms in total. The van der Waals surface area contributed by atoms with Gasteiger partial charge in [-0.3, -0.25) is 9.69 Å². The van der Waals surface area contributed by atoms with Crippen molar-refractivity contribution in [1.29, 1.82) is 0 Å². The molecule has 0 aromatic heterocycles. The molecule has 0 bridgehead atoms. The normalized spacial score (nSPS) is 15.4. The van der Waals surface area contributed by atoms with Crippen molar-refractivity contribution in [1.82, 2.24) is 14.1 Å². The number of hydrogen-bond acceptors (Lipinski definition) is 5. The van der Waals surface area contributed by atoms with Crippen molar-refractivity contribution in [2.45, 2.75) is 51.3 Å². The van der Waals surface area contributed by atoms with Gasteiger partial charge in [-0.05, 0) is 43.5 Å². The Hall–Kier alpha value is -1.48. The summed E-state index contributed by atoms with van der Waals surface area (Å²) in [6.07, 6.45) is 4.34. The van der Waals surface area contributed by atoms with Crippen molar-refractivity contribution < 1.29 is 17.9 Å². The lowest BCUT2D eigenvalue weighted by Crippen LogP contribution is -2.43. The second kappa shape index (κ2) is 11.9. The number of sulfonamides is 1. The van der Waals surface area contributed by atoms with Crippen LogP contribution in [0.5, 0.6) is 0 Å². The van der Waals surface area contributed by atoms with E-state index < -0.39 is 10.0 Å². The minimum absolute atomic E-state index is 0.0944. The van der Waals surface area contributed by atoms with Crippen molar-refractivity contribution in [2.75, 3.05) is 60.0 Å². The second-order valence-electron chi connectivity index (χ2n) is 8.51. The smallest absolute Gasteiger partial charge is 0.253 e. The van der Waals surface area contributed by atoms with Crippen LogP contribution in [0.4, 0.5) is 0 Å².